The number of methoxy groups -OCH3 is 1. The lowest BCUT2D eigenvalue weighted by atomic mass is 10.00. The fourth-order valence-electron chi connectivity index (χ4n) is 2.61. The molecule has 0 bridgehead atoms. The topological polar surface area (TPSA) is 39.1 Å². The average molecular weight is 287 g/mol. The molecular formula is C17H25N3O. The second kappa shape index (κ2) is 7.38. The van der Waals surface area contributed by atoms with Crippen LogP contribution in [0.5, 0.6) is 0 Å². The van der Waals surface area contributed by atoms with Gasteiger partial charge in [0.25, 0.3) is 0 Å². The van der Waals surface area contributed by atoms with Gasteiger partial charge in [-0.3, -0.25) is 4.68 Å². The maximum atomic E-state index is 5.02. The third-order valence-corrected chi connectivity index (χ3v) is 3.66. The first kappa shape index (κ1) is 15.7. The molecule has 21 heavy (non-hydrogen) atoms. The van der Waals surface area contributed by atoms with Crippen LogP contribution in [0.4, 0.5) is 0 Å². The van der Waals surface area contributed by atoms with Crippen molar-refractivity contribution in [2.45, 2.75) is 33.9 Å². The molecule has 0 aliphatic heterocycles. The molecule has 0 saturated heterocycles. The van der Waals surface area contributed by atoms with Crippen molar-refractivity contribution in [1.82, 2.24) is 15.1 Å². The van der Waals surface area contributed by atoms with E-state index >= 15 is 0 Å². The van der Waals surface area contributed by atoms with Crippen LogP contribution in [0.2, 0.25) is 0 Å². The zero-order valence-corrected chi connectivity index (χ0v) is 13.4. The maximum Gasteiger partial charge on any atom is 0.0664 e. The number of aromatic nitrogens is 2. The van der Waals surface area contributed by atoms with E-state index in [1.54, 1.807) is 7.11 Å². The average Bonchev–Trinajstić information content (AvgIpc) is 2.87. The van der Waals surface area contributed by atoms with E-state index in [0.29, 0.717) is 0 Å². The van der Waals surface area contributed by atoms with E-state index in [0.717, 1.165) is 26.2 Å². The molecule has 0 spiro atoms. The molecule has 2 aromatic rings. The van der Waals surface area contributed by atoms with Gasteiger partial charge in [-0.15, -0.1) is 0 Å². The van der Waals surface area contributed by atoms with E-state index in [9.17, 15) is 0 Å². The van der Waals surface area contributed by atoms with Crippen molar-refractivity contribution < 1.29 is 4.74 Å². The van der Waals surface area contributed by atoms with Crippen LogP contribution >= 0.6 is 0 Å². The number of hydrogen-bond acceptors (Lipinski definition) is 3. The van der Waals surface area contributed by atoms with Gasteiger partial charge in [-0.2, -0.15) is 5.10 Å². The molecule has 0 unspecified atom stereocenters. The quantitative estimate of drug-likeness (QED) is 0.796. The predicted molar refractivity (Wildman–Crippen MR) is 85.6 cm³/mol. The lowest BCUT2D eigenvalue weighted by Crippen LogP contribution is -2.18. The molecule has 2 rings (SSSR count). The molecule has 1 N–H and O–H groups in total. The van der Waals surface area contributed by atoms with Gasteiger partial charge >= 0.3 is 0 Å². The predicted octanol–water partition coefficient (Wildman–Crippen LogP) is 2.59. The molecule has 0 fully saturated rings. The Bertz CT molecular complexity index is 566. The van der Waals surface area contributed by atoms with Crippen LogP contribution in [0, 0.1) is 20.8 Å². The summed E-state index contributed by atoms with van der Waals surface area (Å²) in [6.07, 6.45) is 4.04. The van der Waals surface area contributed by atoms with E-state index < -0.39 is 0 Å². The molecule has 0 amide bonds. The highest BCUT2D eigenvalue weighted by Gasteiger charge is 2.06. The number of ether oxygens (including phenoxy) is 1. The Morgan fingerprint density at radius 1 is 1.19 bits per heavy atom. The molecule has 1 aromatic heterocycles. The van der Waals surface area contributed by atoms with Crippen molar-refractivity contribution in [1.29, 1.82) is 0 Å². The van der Waals surface area contributed by atoms with Crippen molar-refractivity contribution >= 4 is 0 Å². The van der Waals surface area contributed by atoms with Crippen LogP contribution in [0.25, 0.3) is 0 Å². The molecule has 1 heterocycles. The second-order valence-corrected chi connectivity index (χ2v) is 5.59. The molecule has 0 saturated carbocycles. The zero-order valence-electron chi connectivity index (χ0n) is 13.4. The monoisotopic (exact) mass is 287 g/mol. The molecule has 4 heteroatoms. The Balaban J connectivity index is 1.99. The summed E-state index contributed by atoms with van der Waals surface area (Å²) >= 11 is 0. The largest absolute Gasteiger partial charge is 0.383 e. The first-order valence-electron chi connectivity index (χ1n) is 7.38. The smallest absolute Gasteiger partial charge is 0.0664 e. The van der Waals surface area contributed by atoms with Crippen molar-refractivity contribution in [2.75, 3.05) is 20.3 Å². The highest BCUT2D eigenvalue weighted by Crippen LogP contribution is 2.17. The molecule has 0 aliphatic carbocycles. The Morgan fingerprint density at radius 2 is 1.90 bits per heavy atom. The second-order valence-electron chi connectivity index (χ2n) is 5.59. The highest BCUT2D eigenvalue weighted by atomic mass is 16.5. The summed E-state index contributed by atoms with van der Waals surface area (Å²) in [6.45, 7) is 9.73. The Kier molecular flexibility index (Phi) is 5.53. The number of hydrogen-bond donors (Lipinski definition) is 1. The fraction of sp³-hybridized carbons (Fsp3) is 0.471. The van der Waals surface area contributed by atoms with Crippen LogP contribution in [-0.4, -0.2) is 30.0 Å². The molecule has 0 atom stereocenters. The minimum Gasteiger partial charge on any atom is -0.383 e. The molecule has 114 valence electrons. The molecule has 0 aliphatic rings. The number of nitrogens with one attached hydrogen (secondary N) is 1. The van der Waals surface area contributed by atoms with Crippen molar-refractivity contribution in [3.05, 3.63) is 52.3 Å². The molecular weight excluding hydrogens is 262 g/mol. The first-order valence-corrected chi connectivity index (χ1v) is 7.38. The maximum absolute atomic E-state index is 5.02. The summed E-state index contributed by atoms with van der Waals surface area (Å²) < 4.78 is 7.03. The lowest BCUT2D eigenvalue weighted by molar-refractivity contribution is 0.199. The van der Waals surface area contributed by atoms with E-state index in [1.807, 2.05) is 10.9 Å². The van der Waals surface area contributed by atoms with Crippen molar-refractivity contribution in [2.24, 2.45) is 0 Å². The summed E-state index contributed by atoms with van der Waals surface area (Å²) in [7, 11) is 1.71. The van der Waals surface area contributed by atoms with Gasteiger partial charge in [0.15, 0.2) is 0 Å². The summed E-state index contributed by atoms with van der Waals surface area (Å²) in [5, 5.41) is 7.79. The van der Waals surface area contributed by atoms with Gasteiger partial charge in [-0.25, -0.2) is 0 Å². The minimum atomic E-state index is 0.732. The number of rotatable bonds is 7. The zero-order chi connectivity index (χ0) is 15.2. The van der Waals surface area contributed by atoms with Gasteiger partial charge in [0.05, 0.1) is 19.3 Å². The number of nitrogens with zero attached hydrogens (tertiary/aromatic N) is 2. The summed E-state index contributed by atoms with van der Waals surface area (Å²) in [6, 6.07) is 4.47. The van der Waals surface area contributed by atoms with Gasteiger partial charge in [0.1, 0.15) is 0 Å². The van der Waals surface area contributed by atoms with Gasteiger partial charge < -0.3 is 10.1 Å². The standard InChI is InChI=1S/C17H25N3O/c1-13-7-14(2)17(15(3)8-13)12-20-11-16(10-19-20)9-18-5-6-21-4/h7-8,10-11,18H,5-6,9,12H2,1-4H3. The van der Waals surface area contributed by atoms with Crippen LogP contribution in [0.15, 0.2) is 24.5 Å². The SMILES string of the molecule is COCCNCc1cnn(Cc2c(C)cc(C)cc2C)c1. The first-order chi connectivity index (χ1) is 10.1. The van der Waals surface area contributed by atoms with Crippen LogP contribution in [0.3, 0.4) is 0 Å². The number of aryl methyl sites for hydroxylation is 3. The minimum absolute atomic E-state index is 0.732. The van der Waals surface area contributed by atoms with Gasteiger partial charge in [-0.05, 0) is 37.5 Å². The van der Waals surface area contributed by atoms with Crippen LogP contribution in [-0.2, 0) is 17.8 Å². The van der Waals surface area contributed by atoms with Crippen molar-refractivity contribution in [3.63, 3.8) is 0 Å². The molecule has 0 radical (unpaired) electrons. The molecule has 4 nitrogen and oxygen atoms in total. The molecule has 1 aromatic carbocycles. The van der Waals surface area contributed by atoms with Gasteiger partial charge in [0.2, 0.25) is 0 Å². The lowest BCUT2D eigenvalue weighted by Gasteiger charge is -2.11. The van der Waals surface area contributed by atoms with Gasteiger partial charge in [0, 0.05) is 32.0 Å². The summed E-state index contributed by atoms with van der Waals surface area (Å²) in [5.74, 6) is 0. The van der Waals surface area contributed by atoms with E-state index in [-0.39, 0.29) is 0 Å². The van der Waals surface area contributed by atoms with E-state index in [1.165, 1.54) is 27.8 Å². The van der Waals surface area contributed by atoms with Crippen molar-refractivity contribution in [3.8, 4) is 0 Å². The third kappa shape index (κ3) is 4.41. The highest BCUT2D eigenvalue weighted by molar-refractivity contribution is 5.37. The Labute approximate surface area is 127 Å². The van der Waals surface area contributed by atoms with E-state index in [2.05, 4.69) is 49.5 Å². The van der Waals surface area contributed by atoms with E-state index in [4.69, 9.17) is 4.74 Å². The van der Waals surface area contributed by atoms with Crippen LogP contribution < -0.4 is 5.32 Å². The third-order valence-electron chi connectivity index (χ3n) is 3.66. The number of benzene rings is 1. The Morgan fingerprint density at radius 3 is 2.57 bits per heavy atom. The Hall–Kier alpha value is -1.65. The summed E-state index contributed by atoms with van der Waals surface area (Å²) in [5.41, 5.74) is 6.55. The van der Waals surface area contributed by atoms with Gasteiger partial charge in [-0.1, -0.05) is 17.7 Å². The summed E-state index contributed by atoms with van der Waals surface area (Å²) in [4.78, 5) is 0. The fourth-order valence-corrected chi connectivity index (χ4v) is 2.61. The normalized spacial score (nSPS) is 11.0. The van der Waals surface area contributed by atoms with Crippen LogP contribution in [0.1, 0.15) is 27.8 Å².